The van der Waals surface area contributed by atoms with Gasteiger partial charge in [0, 0.05) is 6.61 Å². The lowest BCUT2D eigenvalue weighted by molar-refractivity contribution is 0.186. The monoisotopic (exact) mass is 332 g/mol. The third kappa shape index (κ3) is 5.57. The molecule has 122 valence electrons. The maximum Gasteiger partial charge on any atom is 0.345 e. The van der Waals surface area contributed by atoms with Gasteiger partial charge in [-0.3, -0.25) is 9.13 Å². The minimum Gasteiger partial charge on any atom is -0.396 e. The van der Waals surface area contributed by atoms with Crippen molar-refractivity contribution in [1.29, 1.82) is 0 Å². The second-order valence-electron chi connectivity index (χ2n) is 3.74. The minimum atomic E-state index is -3.70. The summed E-state index contributed by atoms with van der Waals surface area (Å²) in [5, 5.41) is 8.05. The molecule has 1 N–H and O–H groups in total. The zero-order chi connectivity index (χ0) is 15.6. The molecule has 0 saturated heterocycles. The maximum absolute atomic E-state index is 12.8. The van der Waals surface area contributed by atoms with Crippen molar-refractivity contribution in [2.75, 3.05) is 33.0 Å². The van der Waals surface area contributed by atoms with Crippen LogP contribution in [0.4, 0.5) is 0 Å². The van der Waals surface area contributed by atoms with Gasteiger partial charge >= 0.3 is 15.2 Å². The van der Waals surface area contributed by atoms with E-state index in [9.17, 15) is 14.2 Å². The molecule has 0 unspecified atom stereocenters. The predicted octanol–water partition coefficient (Wildman–Crippen LogP) is 3.23. The van der Waals surface area contributed by atoms with Crippen molar-refractivity contribution in [2.45, 2.75) is 39.5 Å². The number of hydrogen-bond acceptors (Lipinski definition) is 7. The molecule has 0 rings (SSSR count). The first kappa shape index (κ1) is 20.3. The third-order valence-corrected chi connectivity index (χ3v) is 8.50. The highest BCUT2D eigenvalue weighted by Gasteiger charge is 2.50. The van der Waals surface area contributed by atoms with Crippen molar-refractivity contribution in [3.05, 3.63) is 0 Å². The average Bonchev–Trinajstić information content (AvgIpc) is 2.36. The van der Waals surface area contributed by atoms with Crippen LogP contribution < -0.4 is 0 Å². The molecule has 0 radical (unpaired) electrons. The van der Waals surface area contributed by atoms with Crippen molar-refractivity contribution in [1.82, 2.24) is 0 Å². The Balaban J connectivity index is 5.53. The van der Waals surface area contributed by atoms with Crippen molar-refractivity contribution in [3.63, 3.8) is 0 Å². The molecule has 20 heavy (non-hydrogen) atoms. The molecular formula is C11H26O7P2. The first-order valence-electron chi connectivity index (χ1n) is 6.82. The first-order valence-corrected chi connectivity index (χ1v) is 10.0. The summed E-state index contributed by atoms with van der Waals surface area (Å²) < 4.78 is 46.5. The fourth-order valence-corrected chi connectivity index (χ4v) is 7.07. The van der Waals surface area contributed by atoms with Crippen molar-refractivity contribution in [3.8, 4) is 0 Å². The fourth-order valence-electron chi connectivity index (χ4n) is 1.74. The van der Waals surface area contributed by atoms with E-state index in [0.29, 0.717) is 0 Å². The molecule has 7 nitrogen and oxygen atoms in total. The summed E-state index contributed by atoms with van der Waals surface area (Å²) in [4.78, 5) is 0. The van der Waals surface area contributed by atoms with Crippen LogP contribution in [-0.4, -0.2) is 43.5 Å². The van der Waals surface area contributed by atoms with E-state index in [1.54, 1.807) is 27.7 Å². The third-order valence-electron chi connectivity index (χ3n) is 2.35. The summed E-state index contributed by atoms with van der Waals surface area (Å²) in [7, 11) is -7.40. The minimum absolute atomic E-state index is 0.0471. The number of aliphatic hydroxyl groups is 1. The van der Waals surface area contributed by atoms with Gasteiger partial charge in [0.15, 0.2) is 5.40 Å². The Morgan fingerprint density at radius 2 is 1.10 bits per heavy atom. The lowest BCUT2D eigenvalue weighted by Crippen LogP contribution is -2.19. The van der Waals surface area contributed by atoms with Gasteiger partial charge in [-0.2, -0.15) is 0 Å². The van der Waals surface area contributed by atoms with Gasteiger partial charge in [-0.05, 0) is 34.1 Å². The summed E-state index contributed by atoms with van der Waals surface area (Å²) >= 11 is 0. The second-order valence-corrected chi connectivity index (χ2v) is 8.59. The van der Waals surface area contributed by atoms with E-state index in [1.807, 2.05) is 0 Å². The van der Waals surface area contributed by atoms with Crippen LogP contribution in [0.15, 0.2) is 0 Å². The number of hydrogen-bond donors (Lipinski definition) is 1. The van der Waals surface area contributed by atoms with Crippen LogP contribution in [0.2, 0.25) is 0 Å². The molecule has 0 aliphatic rings. The topological polar surface area (TPSA) is 91.3 Å². The van der Waals surface area contributed by atoms with Gasteiger partial charge in [0.2, 0.25) is 0 Å². The van der Waals surface area contributed by atoms with Gasteiger partial charge in [0.1, 0.15) is 0 Å². The van der Waals surface area contributed by atoms with Crippen LogP contribution >= 0.6 is 15.2 Å². The molecule has 0 aromatic heterocycles. The van der Waals surface area contributed by atoms with E-state index in [-0.39, 0.29) is 39.5 Å². The normalized spacial score (nSPS) is 13.1. The quantitative estimate of drug-likeness (QED) is 0.549. The zero-order valence-corrected chi connectivity index (χ0v) is 14.4. The largest absolute Gasteiger partial charge is 0.396 e. The number of aliphatic hydroxyl groups excluding tert-OH is 1. The highest BCUT2D eigenvalue weighted by Crippen LogP contribution is 2.71. The molecule has 9 heteroatoms. The summed E-state index contributed by atoms with van der Waals surface area (Å²) in [6, 6.07) is 0. The standard InChI is InChI=1S/C11H26O7P2/c1-5-15-19(13,16-6-2)11(9-10-12)20(14,17-7-3)18-8-4/h11-12H,5-10H2,1-4H3. The molecule has 0 atom stereocenters. The predicted molar refractivity (Wildman–Crippen MR) is 77.2 cm³/mol. The molecule has 0 fully saturated rings. The van der Waals surface area contributed by atoms with Gasteiger partial charge in [0.05, 0.1) is 26.4 Å². The highest BCUT2D eigenvalue weighted by atomic mass is 31.2. The Morgan fingerprint density at radius 1 is 0.800 bits per heavy atom. The summed E-state index contributed by atoms with van der Waals surface area (Å²) in [6.45, 7) is 6.87. The van der Waals surface area contributed by atoms with E-state index in [0.717, 1.165) is 0 Å². The number of rotatable bonds is 12. The SMILES string of the molecule is CCOP(=O)(OCC)C(CCO)P(=O)(OCC)OCC. The Kier molecular flexibility index (Phi) is 10.2. The molecule has 0 heterocycles. The zero-order valence-electron chi connectivity index (χ0n) is 12.6. The fraction of sp³-hybridized carbons (Fsp3) is 1.00. The highest BCUT2D eigenvalue weighted by molar-refractivity contribution is 7.72. The second kappa shape index (κ2) is 10.1. The van der Waals surface area contributed by atoms with Crippen LogP contribution in [0, 0.1) is 0 Å². The van der Waals surface area contributed by atoms with Crippen molar-refractivity contribution in [2.24, 2.45) is 0 Å². The first-order chi connectivity index (χ1) is 9.44. The van der Waals surface area contributed by atoms with E-state index in [2.05, 4.69) is 0 Å². The molecule has 0 amide bonds. The molecule has 0 aliphatic heterocycles. The molecule has 0 spiro atoms. The molecule has 0 saturated carbocycles. The lowest BCUT2D eigenvalue weighted by atomic mass is 10.5. The average molecular weight is 332 g/mol. The Hall–Kier alpha value is 0.260. The van der Waals surface area contributed by atoms with E-state index < -0.39 is 20.6 Å². The summed E-state index contributed by atoms with van der Waals surface area (Å²) in [6.07, 6.45) is -0.0471. The van der Waals surface area contributed by atoms with Crippen LogP contribution in [-0.2, 0) is 27.2 Å². The molecule has 0 aromatic rings. The molecule has 0 aliphatic carbocycles. The Morgan fingerprint density at radius 3 is 1.30 bits per heavy atom. The molecule has 0 aromatic carbocycles. The van der Waals surface area contributed by atoms with Crippen LogP contribution in [0.3, 0.4) is 0 Å². The van der Waals surface area contributed by atoms with Crippen molar-refractivity contribution < 1.29 is 32.3 Å². The lowest BCUT2D eigenvalue weighted by Gasteiger charge is -2.30. The van der Waals surface area contributed by atoms with E-state index in [4.69, 9.17) is 18.1 Å². The summed E-state index contributed by atoms with van der Waals surface area (Å²) in [5.74, 6) is 0. The van der Waals surface area contributed by atoms with Crippen LogP contribution in [0.1, 0.15) is 34.1 Å². The van der Waals surface area contributed by atoms with Gasteiger partial charge in [-0.1, -0.05) is 0 Å². The van der Waals surface area contributed by atoms with Gasteiger partial charge in [0.25, 0.3) is 0 Å². The Labute approximate surface area is 121 Å². The van der Waals surface area contributed by atoms with Gasteiger partial charge < -0.3 is 23.2 Å². The molecular weight excluding hydrogens is 306 g/mol. The van der Waals surface area contributed by atoms with Crippen LogP contribution in [0.5, 0.6) is 0 Å². The van der Waals surface area contributed by atoms with Gasteiger partial charge in [-0.25, -0.2) is 0 Å². The van der Waals surface area contributed by atoms with E-state index >= 15 is 0 Å². The smallest absolute Gasteiger partial charge is 0.345 e. The van der Waals surface area contributed by atoms with Gasteiger partial charge in [-0.15, -0.1) is 0 Å². The maximum atomic E-state index is 12.8. The molecule has 0 bridgehead atoms. The van der Waals surface area contributed by atoms with Crippen LogP contribution in [0.25, 0.3) is 0 Å². The van der Waals surface area contributed by atoms with Crippen molar-refractivity contribution >= 4 is 15.2 Å². The Bertz CT molecular complexity index is 298. The summed E-state index contributed by atoms with van der Waals surface area (Å²) in [5.41, 5.74) is 0. The van der Waals surface area contributed by atoms with E-state index in [1.165, 1.54) is 0 Å².